The number of carbonyl (C=O) groups is 2. The number of ether oxygens (including phenoxy) is 1. The van der Waals surface area contributed by atoms with Crippen LogP contribution in [0.1, 0.15) is 34.0 Å². The molecule has 1 N–H and O–H groups in total. The molecule has 4 nitrogen and oxygen atoms in total. The topological polar surface area (TPSA) is 55.4 Å². The Hall–Kier alpha value is -3.66. The molecule has 0 spiro atoms. The molecule has 4 heteroatoms. The average Bonchev–Trinajstić information content (AvgIpc) is 2.75. The fourth-order valence-corrected chi connectivity index (χ4v) is 2.95. The van der Waals surface area contributed by atoms with Crippen molar-refractivity contribution >= 4 is 29.2 Å². The highest BCUT2D eigenvalue weighted by Gasteiger charge is 2.15. The molecule has 0 bridgehead atoms. The predicted molar refractivity (Wildman–Crippen MR) is 117 cm³/mol. The quantitative estimate of drug-likeness (QED) is 0.353. The molecule has 146 valence electrons. The zero-order chi connectivity index (χ0) is 20.6. The van der Waals surface area contributed by atoms with Gasteiger partial charge in [0.25, 0.3) is 5.91 Å². The summed E-state index contributed by atoms with van der Waals surface area (Å²) in [6.07, 6.45) is 1.87. The highest BCUT2D eigenvalue weighted by atomic mass is 16.5. The molecule has 0 aliphatic heterocycles. The van der Waals surface area contributed by atoms with Crippen LogP contribution in [0.3, 0.4) is 0 Å². The van der Waals surface area contributed by atoms with Crippen molar-refractivity contribution in [2.45, 2.75) is 13.8 Å². The Bertz CT molecular complexity index is 1020. The normalized spacial score (nSPS) is 11.0. The van der Waals surface area contributed by atoms with E-state index in [0.717, 1.165) is 16.7 Å². The summed E-state index contributed by atoms with van der Waals surface area (Å²) in [7, 11) is 0. The van der Waals surface area contributed by atoms with E-state index in [0.29, 0.717) is 23.4 Å². The summed E-state index contributed by atoms with van der Waals surface area (Å²) in [5.74, 6) is -0.588. The Balaban J connectivity index is 1.89. The van der Waals surface area contributed by atoms with Gasteiger partial charge in [-0.15, -0.1) is 0 Å². The Labute approximate surface area is 170 Å². The first-order chi connectivity index (χ1) is 14.1. The number of hydrogen-bond acceptors (Lipinski definition) is 3. The van der Waals surface area contributed by atoms with Crippen molar-refractivity contribution in [1.29, 1.82) is 0 Å². The van der Waals surface area contributed by atoms with Gasteiger partial charge in [-0.2, -0.15) is 0 Å². The maximum absolute atomic E-state index is 13.1. The van der Waals surface area contributed by atoms with E-state index < -0.39 is 0 Å². The fourth-order valence-electron chi connectivity index (χ4n) is 2.95. The lowest BCUT2D eigenvalue weighted by atomic mass is 10.0. The van der Waals surface area contributed by atoms with Gasteiger partial charge in [-0.1, -0.05) is 60.7 Å². The van der Waals surface area contributed by atoms with Crippen LogP contribution in [0.2, 0.25) is 0 Å². The third kappa shape index (κ3) is 5.20. The van der Waals surface area contributed by atoms with Gasteiger partial charge in [-0.25, -0.2) is 4.79 Å². The number of rotatable bonds is 6. The lowest BCUT2D eigenvalue weighted by Crippen LogP contribution is -2.15. The molecule has 0 saturated carbocycles. The zero-order valence-electron chi connectivity index (χ0n) is 16.5. The first-order valence-electron chi connectivity index (χ1n) is 9.49. The van der Waals surface area contributed by atoms with Gasteiger partial charge in [-0.05, 0) is 54.8 Å². The van der Waals surface area contributed by atoms with Crippen LogP contribution in [0.5, 0.6) is 0 Å². The van der Waals surface area contributed by atoms with E-state index in [9.17, 15) is 9.59 Å². The third-order valence-corrected chi connectivity index (χ3v) is 4.43. The van der Waals surface area contributed by atoms with Crippen LogP contribution in [0.15, 0.2) is 78.9 Å². The molecule has 0 unspecified atom stereocenters. The van der Waals surface area contributed by atoms with Crippen molar-refractivity contribution in [3.05, 3.63) is 101 Å². The number of nitrogens with one attached hydrogen (secondary N) is 1. The van der Waals surface area contributed by atoms with Crippen LogP contribution in [0.25, 0.3) is 11.6 Å². The predicted octanol–water partition coefficient (Wildman–Crippen LogP) is 5.35. The summed E-state index contributed by atoms with van der Waals surface area (Å²) in [5.41, 5.74) is 4.23. The SMILES string of the molecule is CCOC(=O)c1ccc(NC(=O)/C(=C/c2ccccc2)c2ccccc2)c(C)c1. The van der Waals surface area contributed by atoms with Gasteiger partial charge in [0.2, 0.25) is 0 Å². The van der Waals surface area contributed by atoms with E-state index in [4.69, 9.17) is 4.74 Å². The Morgan fingerprint density at radius 2 is 1.55 bits per heavy atom. The minimum absolute atomic E-state index is 0.216. The van der Waals surface area contributed by atoms with Crippen LogP contribution >= 0.6 is 0 Å². The monoisotopic (exact) mass is 385 g/mol. The molecule has 3 rings (SSSR count). The van der Waals surface area contributed by atoms with Gasteiger partial charge < -0.3 is 10.1 Å². The number of aryl methyl sites for hydroxylation is 1. The summed E-state index contributed by atoms with van der Waals surface area (Å²) in [6.45, 7) is 3.94. The number of amides is 1. The average molecular weight is 385 g/mol. The van der Waals surface area contributed by atoms with E-state index in [1.807, 2.05) is 73.7 Å². The molecule has 0 aliphatic carbocycles. The number of hydrogen-bond donors (Lipinski definition) is 1. The number of anilines is 1. The lowest BCUT2D eigenvalue weighted by molar-refractivity contribution is -0.111. The van der Waals surface area contributed by atoms with Crippen LogP contribution in [0, 0.1) is 6.92 Å². The first-order valence-corrected chi connectivity index (χ1v) is 9.49. The van der Waals surface area contributed by atoms with Gasteiger partial charge in [0.05, 0.1) is 12.2 Å². The molecule has 29 heavy (non-hydrogen) atoms. The van der Waals surface area contributed by atoms with Gasteiger partial charge in [0.15, 0.2) is 0 Å². The Morgan fingerprint density at radius 3 is 2.17 bits per heavy atom. The van der Waals surface area contributed by atoms with Crippen molar-refractivity contribution in [2.24, 2.45) is 0 Å². The maximum Gasteiger partial charge on any atom is 0.338 e. The molecule has 0 fully saturated rings. The summed E-state index contributed by atoms with van der Waals surface area (Å²) < 4.78 is 5.03. The van der Waals surface area contributed by atoms with Crippen LogP contribution in [-0.2, 0) is 9.53 Å². The molecular weight excluding hydrogens is 362 g/mol. The molecule has 0 radical (unpaired) electrons. The molecular formula is C25H23NO3. The fraction of sp³-hybridized carbons (Fsp3) is 0.120. The van der Waals surface area contributed by atoms with E-state index >= 15 is 0 Å². The Kier molecular flexibility index (Phi) is 6.59. The largest absolute Gasteiger partial charge is 0.462 e. The molecule has 1 amide bonds. The molecule has 0 aliphatic rings. The zero-order valence-corrected chi connectivity index (χ0v) is 16.5. The van der Waals surface area contributed by atoms with E-state index in [1.165, 1.54) is 0 Å². The van der Waals surface area contributed by atoms with Crippen molar-refractivity contribution in [3.8, 4) is 0 Å². The molecule has 0 saturated heterocycles. The molecule has 0 aromatic heterocycles. The molecule has 0 heterocycles. The first kappa shape index (κ1) is 20.1. The number of carbonyl (C=O) groups excluding carboxylic acids is 2. The highest BCUT2D eigenvalue weighted by Crippen LogP contribution is 2.23. The van der Waals surface area contributed by atoms with Crippen molar-refractivity contribution < 1.29 is 14.3 Å². The summed E-state index contributed by atoms with van der Waals surface area (Å²) in [6, 6.07) is 24.4. The summed E-state index contributed by atoms with van der Waals surface area (Å²) in [5, 5.41) is 2.97. The van der Waals surface area contributed by atoms with Crippen LogP contribution in [0.4, 0.5) is 5.69 Å². The van der Waals surface area contributed by atoms with E-state index in [-0.39, 0.29) is 11.9 Å². The standard InChI is InChI=1S/C25H23NO3/c1-3-29-25(28)21-14-15-23(18(2)16-21)26-24(27)22(20-12-8-5-9-13-20)17-19-10-6-4-7-11-19/h4-17H,3H2,1-2H3,(H,26,27)/b22-17+. The van der Waals surface area contributed by atoms with Gasteiger partial charge in [0.1, 0.15) is 0 Å². The molecule has 0 atom stereocenters. The number of benzene rings is 3. The second kappa shape index (κ2) is 9.51. The minimum Gasteiger partial charge on any atom is -0.462 e. The van der Waals surface area contributed by atoms with Gasteiger partial charge in [-0.3, -0.25) is 4.79 Å². The van der Waals surface area contributed by atoms with Crippen molar-refractivity contribution in [2.75, 3.05) is 11.9 Å². The second-order valence-corrected chi connectivity index (χ2v) is 6.54. The van der Waals surface area contributed by atoms with E-state index in [2.05, 4.69) is 5.32 Å². The Morgan fingerprint density at radius 1 is 0.897 bits per heavy atom. The summed E-state index contributed by atoms with van der Waals surface area (Å²) in [4.78, 5) is 25.0. The van der Waals surface area contributed by atoms with E-state index in [1.54, 1.807) is 25.1 Å². The minimum atomic E-state index is -0.373. The van der Waals surface area contributed by atoms with Gasteiger partial charge >= 0.3 is 5.97 Å². The summed E-state index contributed by atoms with van der Waals surface area (Å²) >= 11 is 0. The third-order valence-electron chi connectivity index (χ3n) is 4.43. The van der Waals surface area contributed by atoms with Crippen LogP contribution < -0.4 is 5.32 Å². The molecule has 3 aromatic carbocycles. The molecule has 3 aromatic rings. The van der Waals surface area contributed by atoms with Crippen molar-refractivity contribution in [3.63, 3.8) is 0 Å². The maximum atomic E-state index is 13.1. The highest BCUT2D eigenvalue weighted by molar-refractivity contribution is 6.29. The smallest absolute Gasteiger partial charge is 0.338 e. The van der Waals surface area contributed by atoms with Crippen molar-refractivity contribution in [1.82, 2.24) is 0 Å². The van der Waals surface area contributed by atoms with Gasteiger partial charge in [0, 0.05) is 11.3 Å². The number of esters is 1. The van der Waals surface area contributed by atoms with Crippen LogP contribution in [-0.4, -0.2) is 18.5 Å². The second-order valence-electron chi connectivity index (χ2n) is 6.54. The lowest BCUT2D eigenvalue weighted by Gasteiger charge is -2.13.